The van der Waals surface area contributed by atoms with Crippen molar-refractivity contribution in [3.63, 3.8) is 0 Å². The Morgan fingerprint density at radius 2 is 1.29 bits per heavy atom. The molecule has 0 saturated heterocycles. The van der Waals surface area contributed by atoms with Crippen LogP contribution in [0.5, 0.6) is 23.0 Å². The Balaban J connectivity index is 1.79. The fraction of sp³-hybridized carbons (Fsp3) is 0. The maximum Gasteiger partial charge on any atom is 0.172 e. The van der Waals surface area contributed by atoms with E-state index in [0.717, 1.165) is 25.7 Å². The maximum atomic E-state index is 6.03. The topological polar surface area (TPSA) is 34.2 Å². The molecule has 0 bridgehead atoms. The number of hydrogen-bond donors (Lipinski definition) is 1. The van der Waals surface area contributed by atoms with Crippen LogP contribution in [0.4, 0.5) is 0 Å². The molecule has 0 unspecified atom stereocenters. The lowest BCUT2D eigenvalue weighted by Crippen LogP contribution is -1.90. The van der Waals surface area contributed by atoms with Crippen molar-refractivity contribution in [1.29, 1.82) is 0 Å². The van der Waals surface area contributed by atoms with Gasteiger partial charge >= 0.3 is 0 Å². The second-order valence-corrected chi connectivity index (χ2v) is 6.86. The summed E-state index contributed by atoms with van der Waals surface area (Å²) in [6, 6.07) is 23.2. The highest BCUT2D eigenvalue weighted by atomic mass is 32.1. The Labute approximate surface area is 148 Å². The van der Waals surface area contributed by atoms with E-state index in [9.17, 15) is 0 Å². The molecule has 0 radical (unpaired) electrons. The van der Waals surface area contributed by atoms with E-state index >= 15 is 0 Å². The second kappa shape index (κ2) is 6.47. The van der Waals surface area contributed by atoms with Gasteiger partial charge in [0.05, 0.1) is 10.2 Å². The molecule has 5 heteroatoms. The van der Waals surface area contributed by atoms with Crippen molar-refractivity contribution in [2.45, 2.75) is 0 Å². The summed E-state index contributed by atoms with van der Waals surface area (Å²) < 4.78 is 13.8. The van der Waals surface area contributed by atoms with E-state index in [-0.39, 0.29) is 0 Å². The molecular formula is C19H13NO2S2. The van der Waals surface area contributed by atoms with Crippen LogP contribution >= 0.6 is 23.6 Å². The molecule has 118 valence electrons. The Hall–Kier alpha value is -2.63. The van der Waals surface area contributed by atoms with Gasteiger partial charge in [-0.05, 0) is 36.5 Å². The van der Waals surface area contributed by atoms with E-state index in [2.05, 4.69) is 4.98 Å². The summed E-state index contributed by atoms with van der Waals surface area (Å²) >= 11 is 6.76. The number of H-pyrrole nitrogens is 1. The first-order valence-electron chi connectivity index (χ1n) is 7.40. The third kappa shape index (κ3) is 3.18. The van der Waals surface area contributed by atoms with Gasteiger partial charge in [0.25, 0.3) is 0 Å². The van der Waals surface area contributed by atoms with E-state index in [0.29, 0.717) is 11.5 Å². The zero-order valence-electron chi connectivity index (χ0n) is 12.6. The number of aromatic amines is 1. The molecular weight excluding hydrogens is 338 g/mol. The summed E-state index contributed by atoms with van der Waals surface area (Å²) in [7, 11) is 0. The lowest BCUT2D eigenvalue weighted by molar-refractivity contribution is 0.420. The molecule has 3 nitrogen and oxygen atoms in total. The van der Waals surface area contributed by atoms with Crippen molar-refractivity contribution in [3.05, 3.63) is 76.8 Å². The predicted molar refractivity (Wildman–Crippen MR) is 100 cm³/mol. The predicted octanol–water partition coefficient (Wildman–Crippen LogP) is 6.54. The zero-order valence-corrected chi connectivity index (χ0v) is 14.2. The Morgan fingerprint density at radius 3 is 1.88 bits per heavy atom. The summed E-state index contributed by atoms with van der Waals surface area (Å²) in [5.41, 5.74) is 0.941. The lowest BCUT2D eigenvalue weighted by atomic mass is 10.2. The van der Waals surface area contributed by atoms with Crippen molar-refractivity contribution in [1.82, 2.24) is 4.98 Å². The van der Waals surface area contributed by atoms with E-state index in [1.807, 2.05) is 72.8 Å². The molecule has 0 spiro atoms. The van der Waals surface area contributed by atoms with Crippen LogP contribution in [0.2, 0.25) is 0 Å². The third-order valence-electron chi connectivity index (χ3n) is 3.43. The molecule has 24 heavy (non-hydrogen) atoms. The van der Waals surface area contributed by atoms with Crippen LogP contribution in [0.1, 0.15) is 0 Å². The minimum absolute atomic E-state index is 0.640. The minimum atomic E-state index is 0.640. The quantitative estimate of drug-likeness (QED) is 0.424. The van der Waals surface area contributed by atoms with Crippen molar-refractivity contribution in [3.8, 4) is 23.0 Å². The van der Waals surface area contributed by atoms with E-state index < -0.39 is 0 Å². The van der Waals surface area contributed by atoms with Gasteiger partial charge in [-0.3, -0.25) is 0 Å². The van der Waals surface area contributed by atoms with Gasteiger partial charge in [-0.25, -0.2) is 0 Å². The molecule has 0 amide bonds. The van der Waals surface area contributed by atoms with Gasteiger partial charge in [0.1, 0.15) is 11.5 Å². The summed E-state index contributed by atoms with van der Waals surface area (Å²) in [5, 5.41) is 0. The van der Waals surface area contributed by atoms with Gasteiger partial charge in [-0.1, -0.05) is 36.4 Å². The highest BCUT2D eigenvalue weighted by Crippen LogP contribution is 2.39. The third-order valence-corrected chi connectivity index (χ3v) is 4.62. The number of rotatable bonds is 4. The SMILES string of the molecule is S=c1[nH]c2cc(Oc3ccccc3)c(Oc3ccccc3)cc2s1. The molecule has 0 fully saturated rings. The summed E-state index contributed by atoms with van der Waals surface area (Å²) in [6.45, 7) is 0. The fourth-order valence-corrected chi connectivity index (χ4v) is 3.48. The smallest absolute Gasteiger partial charge is 0.172 e. The molecule has 3 aromatic carbocycles. The van der Waals surface area contributed by atoms with Gasteiger partial charge in [-0.2, -0.15) is 0 Å². The highest BCUT2D eigenvalue weighted by molar-refractivity contribution is 7.73. The highest BCUT2D eigenvalue weighted by Gasteiger charge is 2.12. The van der Waals surface area contributed by atoms with Crippen LogP contribution in [0.3, 0.4) is 0 Å². The second-order valence-electron chi connectivity index (χ2n) is 5.14. The van der Waals surface area contributed by atoms with Crippen molar-refractivity contribution in [2.75, 3.05) is 0 Å². The Bertz CT molecular complexity index is 942. The van der Waals surface area contributed by atoms with Crippen LogP contribution in [0.25, 0.3) is 10.2 Å². The number of thiazole rings is 1. The molecule has 0 atom stereocenters. The molecule has 0 saturated carbocycles. The Kier molecular flexibility index (Phi) is 4.02. The normalized spacial score (nSPS) is 10.7. The molecule has 0 aliphatic rings. The van der Waals surface area contributed by atoms with E-state index in [4.69, 9.17) is 21.7 Å². The largest absolute Gasteiger partial charge is 0.453 e. The molecule has 0 aliphatic carbocycles. The summed E-state index contributed by atoms with van der Waals surface area (Å²) in [6.07, 6.45) is 0. The van der Waals surface area contributed by atoms with Gasteiger partial charge in [0.15, 0.2) is 15.5 Å². The average molecular weight is 351 g/mol. The van der Waals surface area contributed by atoms with Crippen molar-refractivity contribution in [2.24, 2.45) is 0 Å². The first-order valence-corrected chi connectivity index (χ1v) is 8.63. The minimum Gasteiger partial charge on any atom is -0.453 e. The molecule has 4 aromatic rings. The first kappa shape index (κ1) is 14.9. The van der Waals surface area contributed by atoms with E-state index in [1.165, 1.54) is 11.3 Å². The fourth-order valence-electron chi connectivity index (χ4n) is 2.35. The number of fused-ring (bicyclic) bond motifs is 1. The number of nitrogens with one attached hydrogen (secondary N) is 1. The van der Waals surface area contributed by atoms with Gasteiger partial charge in [0.2, 0.25) is 0 Å². The van der Waals surface area contributed by atoms with E-state index in [1.54, 1.807) is 0 Å². The Morgan fingerprint density at radius 1 is 0.750 bits per heavy atom. The monoisotopic (exact) mass is 351 g/mol. The van der Waals surface area contributed by atoms with Crippen LogP contribution < -0.4 is 9.47 Å². The van der Waals surface area contributed by atoms with Crippen LogP contribution in [-0.2, 0) is 0 Å². The number of hydrogen-bond acceptors (Lipinski definition) is 4. The van der Waals surface area contributed by atoms with Gasteiger partial charge in [-0.15, -0.1) is 11.3 Å². The maximum absolute atomic E-state index is 6.03. The number of aromatic nitrogens is 1. The van der Waals surface area contributed by atoms with Gasteiger partial charge in [0, 0.05) is 12.1 Å². The first-order chi connectivity index (χ1) is 11.8. The molecule has 1 N–H and O–H groups in total. The summed E-state index contributed by atoms with van der Waals surface area (Å²) in [5.74, 6) is 2.81. The molecule has 1 heterocycles. The van der Waals surface area contributed by atoms with Crippen LogP contribution in [0, 0.1) is 3.95 Å². The molecule has 4 rings (SSSR count). The molecule has 0 aliphatic heterocycles. The number of benzene rings is 3. The number of ether oxygens (including phenoxy) is 2. The van der Waals surface area contributed by atoms with Gasteiger partial charge < -0.3 is 14.5 Å². The summed E-state index contributed by atoms with van der Waals surface area (Å²) in [4.78, 5) is 3.17. The standard InChI is InChI=1S/C19H13NO2S2/c23-19-20-15-11-16(21-13-7-3-1-4-8-13)17(12-18(15)24-19)22-14-9-5-2-6-10-14/h1-12H,(H,20,23). The van der Waals surface area contributed by atoms with Crippen LogP contribution in [0.15, 0.2) is 72.8 Å². The number of para-hydroxylation sites is 2. The molecule has 1 aromatic heterocycles. The van der Waals surface area contributed by atoms with Crippen molar-refractivity contribution < 1.29 is 9.47 Å². The van der Waals surface area contributed by atoms with Crippen LogP contribution in [-0.4, -0.2) is 4.98 Å². The zero-order chi connectivity index (χ0) is 16.4. The lowest BCUT2D eigenvalue weighted by Gasteiger charge is -2.12. The van der Waals surface area contributed by atoms with Crippen molar-refractivity contribution >= 4 is 33.8 Å². The average Bonchev–Trinajstić information content (AvgIpc) is 2.96.